The largest absolute Gasteiger partial charge is 0.338 e. The van der Waals surface area contributed by atoms with Crippen molar-refractivity contribution in [3.05, 3.63) is 29.8 Å². The van der Waals surface area contributed by atoms with E-state index in [4.69, 9.17) is 0 Å². The number of hydrogen-bond donors (Lipinski definition) is 4. The highest BCUT2D eigenvalue weighted by molar-refractivity contribution is 7.91. The van der Waals surface area contributed by atoms with Crippen LogP contribution in [0, 0.1) is 5.92 Å². The molecule has 0 saturated carbocycles. The Bertz CT molecular complexity index is 1270. The minimum atomic E-state index is -3.42. The van der Waals surface area contributed by atoms with Gasteiger partial charge < -0.3 is 16.0 Å². The van der Waals surface area contributed by atoms with E-state index < -0.39 is 39.0 Å². The number of amidine groups is 1. The molecule has 2 aliphatic heterocycles. The predicted molar refractivity (Wildman–Crippen MR) is 128 cm³/mol. The number of carbonyl (C=O) groups excluding carboxylic acids is 3. The summed E-state index contributed by atoms with van der Waals surface area (Å²) in [5, 5.41) is 12.2. The number of anilines is 1. The van der Waals surface area contributed by atoms with E-state index in [9.17, 15) is 22.8 Å². The lowest BCUT2D eigenvalue weighted by atomic mass is 9.74. The maximum atomic E-state index is 14.0. The summed E-state index contributed by atoms with van der Waals surface area (Å²) in [6.07, 6.45) is 1.32. The number of Topliss-reactive ketones (excluding diaryl/α,β-unsaturated/α-hetero) is 1. The minimum Gasteiger partial charge on any atom is -0.338 e. The molecule has 4 N–H and O–H groups in total. The Kier molecular flexibility index (Phi) is 6.25. The summed E-state index contributed by atoms with van der Waals surface area (Å²) in [5.74, 6) is -2.01. The van der Waals surface area contributed by atoms with E-state index in [1.54, 1.807) is 19.1 Å². The highest BCUT2D eigenvalue weighted by atomic mass is 32.2. The topological polar surface area (TPSA) is 146 Å². The van der Waals surface area contributed by atoms with Crippen LogP contribution in [0.5, 0.6) is 0 Å². The van der Waals surface area contributed by atoms with Crippen molar-refractivity contribution in [1.82, 2.24) is 16.0 Å². The molecule has 0 aliphatic carbocycles. The number of sulfone groups is 1. The second-order valence-corrected chi connectivity index (χ2v) is 11.4. The summed E-state index contributed by atoms with van der Waals surface area (Å²) in [4.78, 5) is 43.7. The van der Waals surface area contributed by atoms with E-state index >= 15 is 0 Å². The molecule has 1 saturated heterocycles. The van der Waals surface area contributed by atoms with Gasteiger partial charge in [0.25, 0.3) is 5.91 Å². The fraction of sp³-hybridized carbons (Fsp3) is 0.429. The molecule has 1 spiro atoms. The second-order valence-electron chi connectivity index (χ2n) is 8.16. The summed E-state index contributed by atoms with van der Waals surface area (Å²) in [5.41, 5.74) is -1.07. The number of fused-ring (bicyclic) bond motifs is 1. The highest BCUT2D eigenvalue weighted by Crippen LogP contribution is 2.41. The molecule has 33 heavy (non-hydrogen) atoms. The average molecular weight is 492 g/mol. The van der Waals surface area contributed by atoms with Crippen LogP contribution in [0.15, 0.2) is 29.3 Å². The molecule has 1 fully saturated rings. The van der Waals surface area contributed by atoms with Gasteiger partial charge in [-0.3, -0.25) is 19.9 Å². The molecule has 2 aliphatic rings. The van der Waals surface area contributed by atoms with Crippen LogP contribution >= 0.6 is 11.3 Å². The van der Waals surface area contributed by atoms with Crippen LogP contribution in [0.4, 0.5) is 9.80 Å². The van der Waals surface area contributed by atoms with Crippen molar-refractivity contribution in [3.8, 4) is 0 Å². The third-order valence-corrected chi connectivity index (χ3v) is 7.60. The molecule has 10 nitrogen and oxygen atoms in total. The molecule has 0 radical (unpaired) electrons. The fourth-order valence-electron chi connectivity index (χ4n) is 4.32. The Balaban J connectivity index is 1.78. The number of nitrogens with zero attached hydrogens (tertiary/aromatic N) is 1. The van der Waals surface area contributed by atoms with Gasteiger partial charge in [-0.2, -0.15) is 0 Å². The number of ketones is 1. The number of rotatable bonds is 6. The van der Waals surface area contributed by atoms with Crippen LogP contribution in [0.3, 0.4) is 0 Å². The van der Waals surface area contributed by atoms with Crippen LogP contribution < -0.4 is 21.3 Å². The molecule has 4 rings (SSSR count). The fourth-order valence-corrected chi connectivity index (χ4v) is 6.06. The van der Waals surface area contributed by atoms with E-state index in [0.717, 1.165) is 11.0 Å². The standard InChI is InChI=1S/C21H25N5O5S2/c1-3-23-20(29)25-18-16(12-6-4-5-7-14(12)32-18)17(27)13-10-22-9-8-21(13)19(28)24-15(26-21)11-33(2,30)31/h4-7,13,22H,3,8-11H2,1-2H3,(H2,23,25,29)(H,24,26,28). The lowest BCUT2D eigenvalue weighted by Crippen LogP contribution is -2.57. The van der Waals surface area contributed by atoms with Crippen molar-refractivity contribution in [3.63, 3.8) is 0 Å². The van der Waals surface area contributed by atoms with Crippen LogP contribution in [-0.2, 0) is 14.6 Å². The van der Waals surface area contributed by atoms with Gasteiger partial charge in [-0.05, 0) is 26.0 Å². The molecule has 176 valence electrons. The Hall–Kier alpha value is -2.83. The molecule has 3 amide bonds. The van der Waals surface area contributed by atoms with Crippen molar-refractivity contribution in [2.24, 2.45) is 10.9 Å². The summed E-state index contributed by atoms with van der Waals surface area (Å²) < 4.78 is 24.3. The first kappa shape index (κ1) is 23.3. The second kappa shape index (κ2) is 8.84. The molecule has 12 heteroatoms. The summed E-state index contributed by atoms with van der Waals surface area (Å²) >= 11 is 1.28. The Morgan fingerprint density at radius 3 is 2.79 bits per heavy atom. The number of aliphatic imine (C=N–C) groups is 1. The lowest BCUT2D eigenvalue weighted by Gasteiger charge is -2.36. The summed E-state index contributed by atoms with van der Waals surface area (Å²) in [7, 11) is -3.42. The first-order valence-electron chi connectivity index (χ1n) is 10.5. The highest BCUT2D eigenvalue weighted by Gasteiger charge is 2.54. The van der Waals surface area contributed by atoms with Crippen LogP contribution in [0.1, 0.15) is 23.7 Å². The first-order valence-corrected chi connectivity index (χ1v) is 13.4. The van der Waals surface area contributed by atoms with Crippen LogP contribution in [0.25, 0.3) is 10.1 Å². The Morgan fingerprint density at radius 1 is 1.30 bits per heavy atom. The lowest BCUT2D eigenvalue weighted by molar-refractivity contribution is -0.125. The van der Waals surface area contributed by atoms with Gasteiger partial charge in [0.1, 0.15) is 16.6 Å². The van der Waals surface area contributed by atoms with Crippen LogP contribution in [-0.4, -0.2) is 69.2 Å². The monoisotopic (exact) mass is 491 g/mol. The Labute approximate surface area is 195 Å². The number of nitrogens with one attached hydrogen (secondary N) is 4. The van der Waals surface area contributed by atoms with E-state index in [2.05, 4.69) is 26.3 Å². The molecule has 2 aromatic rings. The van der Waals surface area contributed by atoms with E-state index in [0.29, 0.717) is 29.0 Å². The van der Waals surface area contributed by atoms with Crippen molar-refractivity contribution >= 4 is 59.8 Å². The number of thiophene rings is 1. The maximum Gasteiger partial charge on any atom is 0.319 e. The van der Waals surface area contributed by atoms with Crippen molar-refractivity contribution < 1.29 is 22.8 Å². The van der Waals surface area contributed by atoms with Gasteiger partial charge in [0, 0.05) is 29.4 Å². The quantitative estimate of drug-likeness (QED) is 0.446. The van der Waals surface area contributed by atoms with Gasteiger partial charge in [0.2, 0.25) is 0 Å². The smallest absolute Gasteiger partial charge is 0.319 e. The van der Waals surface area contributed by atoms with Gasteiger partial charge in [-0.1, -0.05) is 18.2 Å². The Morgan fingerprint density at radius 2 is 2.06 bits per heavy atom. The van der Waals surface area contributed by atoms with Gasteiger partial charge in [-0.15, -0.1) is 11.3 Å². The van der Waals surface area contributed by atoms with Gasteiger partial charge in [0.05, 0.1) is 11.5 Å². The normalized spacial score (nSPS) is 22.8. The molecule has 3 heterocycles. The van der Waals surface area contributed by atoms with Crippen molar-refractivity contribution in [1.29, 1.82) is 0 Å². The molecule has 2 unspecified atom stereocenters. The average Bonchev–Trinajstić information content (AvgIpc) is 3.23. The third-order valence-electron chi connectivity index (χ3n) is 5.72. The molecule has 2 atom stereocenters. The summed E-state index contributed by atoms with van der Waals surface area (Å²) in [6.45, 7) is 2.88. The minimum absolute atomic E-state index is 0.0537. The molecule has 0 bridgehead atoms. The van der Waals surface area contributed by atoms with E-state index in [1.165, 1.54) is 11.3 Å². The number of carbonyl (C=O) groups is 3. The SMILES string of the molecule is CCNC(=O)Nc1sc2ccccc2c1C(=O)C1CNCCC12N=C(CS(C)(=O)=O)NC2=O. The molecule has 1 aromatic carbocycles. The van der Waals surface area contributed by atoms with Gasteiger partial charge >= 0.3 is 6.03 Å². The van der Waals surface area contributed by atoms with Crippen molar-refractivity contribution in [2.45, 2.75) is 18.9 Å². The zero-order valence-electron chi connectivity index (χ0n) is 18.2. The predicted octanol–water partition coefficient (Wildman–Crippen LogP) is 1.15. The summed E-state index contributed by atoms with van der Waals surface area (Å²) in [6, 6.07) is 6.89. The van der Waals surface area contributed by atoms with Crippen LogP contribution in [0.2, 0.25) is 0 Å². The van der Waals surface area contributed by atoms with E-state index in [1.807, 2.05) is 12.1 Å². The number of amides is 3. The van der Waals surface area contributed by atoms with Crippen molar-refractivity contribution in [2.75, 3.05) is 37.0 Å². The number of hydrogen-bond acceptors (Lipinski definition) is 8. The zero-order valence-corrected chi connectivity index (χ0v) is 19.9. The van der Waals surface area contributed by atoms with Gasteiger partial charge in [-0.25, -0.2) is 13.2 Å². The number of benzene rings is 1. The molecular formula is C21H25N5O5S2. The van der Waals surface area contributed by atoms with Gasteiger partial charge in [0.15, 0.2) is 21.2 Å². The first-order chi connectivity index (χ1) is 15.6. The number of piperidine rings is 1. The molecule has 1 aromatic heterocycles. The molecular weight excluding hydrogens is 466 g/mol. The maximum absolute atomic E-state index is 14.0. The third kappa shape index (κ3) is 4.50. The number of urea groups is 1. The zero-order chi connectivity index (χ0) is 23.8. The van der Waals surface area contributed by atoms with E-state index in [-0.39, 0.29) is 24.6 Å².